The fraction of sp³-hybridized carbons (Fsp3) is 0.429. The summed E-state index contributed by atoms with van der Waals surface area (Å²) in [4.78, 5) is 3.98. The summed E-state index contributed by atoms with van der Waals surface area (Å²) in [6, 6.07) is 0. The van der Waals surface area contributed by atoms with Gasteiger partial charge < -0.3 is 10.4 Å². The Bertz CT molecular complexity index is 238. The Labute approximate surface area is 65.7 Å². The summed E-state index contributed by atoms with van der Waals surface area (Å²) in [5.74, 6) is 5.01. The Hall–Kier alpha value is -1.32. The van der Waals surface area contributed by atoms with Crippen LogP contribution in [0.2, 0.25) is 0 Å². The molecule has 2 N–H and O–H groups in total. The van der Waals surface area contributed by atoms with Gasteiger partial charge in [0.2, 0.25) is 0 Å². The van der Waals surface area contributed by atoms with E-state index in [4.69, 9.17) is 5.84 Å². The summed E-state index contributed by atoms with van der Waals surface area (Å²) in [5, 5.41) is 3.44. The van der Waals surface area contributed by atoms with Crippen molar-refractivity contribution in [2.75, 3.05) is 0 Å². The highest BCUT2D eigenvalue weighted by Crippen LogP contribution is 1.96. The number of hydrogen-bond acceptors (Lipinski definition) is 3. The molecule has 0 amide bonds. The zero-order chi connectivity index (χ0) is 8.10. The van der Waals surface area contributed by atoms with E-state index in [9.17, 15) is 0 Å². The van der Waals surface area contributed by atoms with Crippen LogP contribution in [-0.2, 0) is 6.54 Å². The molecule has 60 valence electrons. The number of hydrazone groups is 1. The van der Waals surface area contributed by atoms with Gasteiger partial charge in [-0.3, -0.25) is 0 Å². The zero-order valence-corrected chi connectivity index (χ0v) is 6.57. The third-order valence-electron chi connectivity index (χ3n) is 1.42. The van der Waals surface area contributed by atoms with Crippen LogP contribution in [0.25, 0.3) is 0 Å². The largest absolute Gasteiger partial charge is 0.330 e. The molecule has 0 unspecified atom stereocenters. The summed E-state index contributed by atoms with van der Waals surface area (Å²) < 4.78 is 2.01. The van der Waals surface area contributed by atoms with Crippen molar-refractivity contribution in [3.8, 4) is 0 Å². The minimum absolute atomic E-state index is 0.953. The van der Waals surface area contributed by atoms with E-state index >= 15 is 0 Å². The van der Waals surface area contributed by atoms with Crippen molar-refractivity contribution in [2.45, 2.75) is 19.9 Å². The summed E-state index contributed by atoms with van der Waals surface area (Å²) in [6.07, 6.45) is 6.21. The molecular formula is C7H12N4. The molecule has 4 heteroatoms. The van der Waals surface area contributed by atoms with Crippen LogP contribution in [0.4, 0.5) is 0 Å². The number of rotatable bonds is 3. The minimum Gasteiger partial charge on any atom is -0.330 e. The Morgan fingerprint density at radius 1 is 1.82 bits per heavy atom. The highest BCUT2D eigenvalue weighted by molar-refractivity contribution is 5.76. The Balaban J connectivity index is 2.78. The maximum absolute atomic E-state index is 5.01. The predicted octanol–water partition coefficient (Wildman–Crippen LogP) is 0.586. The van der Waals surface area contributed by atoms with Gasteiger partial charge in [-0.25, -0.2) is 4.98 Å². The normalized spacial score (nSPS) is 11.0. The smallest absolute Gasteiger partial charge is 0.0951 e. The molecule has 4 nitrogen and oxygen atoms in total. The Morgan fingerprint density at radius 3 is 3.27 bits per heavy atom. The quantitative estimate of drug-likeness (QED) is 0.391. The molecule has 0 fully saturated rings. The molecule has 0 aliphatic carbocycles. The SMILES string of the molecule is CCCn1cncc1/C=N/N. The molecule has 0 aliphatic rings. The first-order valence-electron chi connectivity index (χ1n) is 3.62. The standard InChI is InChI=1S/C7H12N4/c1-2-3-11-6-9-4-7(11)5-10-8/h4-6H,2-3,8H2,1H3/b10-5+. The van der Waals surface area contributed by atoms with Crippen molar-refractivity contribution in [3.63, 3.8) is 0 Å². The first kappa shape index (κ1) is 7.78. The van der Waals surface area contributed by atoms with Gasteiger partial charge in [0.05, 0.1) is 24.4 Å². The van der Waals surface area contributed by atoms with Crippen LogP contribution in [0.3, 0.4) is 0 Å². The van der Waals surface area contributed by atoms with Gasteiger partial charge in [0, 0.05) is 6.54 Å². The lowest BCUT2D eigenvalue weighted by Crippen LogP contribution is -2.00. The molecule has 0 atom stereocenters. The van der Waals surface area contributed by atoms with E-state index in [-0.39, 0.29) is 0 Å². The van der Waals surface area contributed by atoms with Crippen molar-refractivity contribution in [3.05, 3.63) is 18.2 Å². The highest BCUT2D eigenvalue weighted by Gasteiger charge is 1.95. The Morgan fingerprint density at radius 2 is 2.64 bits per heavy atom. The van der Waals surface area contributed by atoms with E-state index in [1.54, 1.807) is 18.7 Å². The van der Waals surface area contributed by atoms with Gasteiger partial charge in [-0.2, -0.15) is 5.10 Å². The summed E-state index contributed by atoms with van der Waals surface area (Å²) in [6.45, 7) is 3.07. The summed E-state index contributed by atoms with van der Waals surface area (Å²) in [7, 11) is 0. The molecule has 0 spiro atoms. The number of aryl methyl sites for hydroxylation is 1. The number of nitrogens with two attached hydrogens (primary N) is 1. The molecule has 1 aromatic heterocycles. The van der Waals surface area contributed by atoms with E-state index in [0.29, 0.717) is 0 Å². The molecule has 1 aromatic rings. The van der Waals surface area contributed by atoms with Crippen molar-refractivity contribution in [1.82, 2.24) is 9.55 Å². The molecule has 0 saturated carbocycles. The van der Waals surface area contributed by atoms with Crippen LogP contribution in [0, 0.1) is 0 Å². The molecular weight excluding hydrogens is 140 g/mol. The molecule has 1 rings (SSSR count). The van der Waals surface area contributed by atoms with Crippen molar-refractivity contribution >= 4 is 6.21 Å². The average molecular weight is 152 g/mol. The number of hydrogen-bond donors (Lipinski definition) is 1. The molecule has 11 heavy (non-hydrogen) atoms. The predicted molar refractivity (Wildman–Crippen MR) is 44.3 cm³/mol. The molecule has 1 heterocycles. The van der Waals surface area contributed by atoms with E-state index in [2.05, 4.69) is 17.0 Å². The lowest BCUT2D eigenvalue weighted by Gasteiger charge is -1.99. The number of nitrogens with zero attached hydrogens (tertiary/aromatic N) is 3. The molecule has 0 aromatic carbocycles. The second-order valence-corrected chi connectivity index (χ2v) is 2.29. The minimum atomic E-state index is 0.953. The monoisotopic (exact) mass is 152 g/mol. The maximum Gasteiger partial charge on any atom is 0.0951 e. The second-order valence-electron chi connectivity index (χ2n) is 2.29. The molecule has 0 aliphatic heterocycles. The van der Waals surface area contributed by atoms with Crippen molar-refractivity contribution < 1.29 is 0 Å². The van der Waals surface area contributed by atoms with Crippen LogP contribution in [-0.4, -0.2) is 15.8 Å². The van der Waals surface area contributed by atoms with Gasteiger partial charge in [0.25, 0.3) is 0 Å². The third kappa shape index (κ3) is 1.80. The van der Waals surface area contributed by atoms with E-state index in [0.717, 1.165) is 18.7 Å². The maximum atomic E-state index is 5.01. The van der Waals surface area contributed by atoms with E-state index < -0.39 is 0 Å². The summed E-state index contributed by atoms with van der Waals surface area (Å²) in [5.41, 5.74) is 0.953. The lowest BCUT2D eigenvalue weighted by atomic mass is 10.4. The van der Waals surface area contributed by atoms with Gasteiger partial charge in [0.1, 0.15) is 0 Å². The van der Waals surface area contributed by atoms with E-state index in [1.165, 1.54) is 0 Å². The van der Waals surface area contributed by atoms with Crippen LogP contribution < -0.4 is 5.84 Å². The van der Waals surface area contributed by atoms with Gasteiger partial charge >= 0.3 is 0 Å². The van der Waals surface area contributed by atoms with Crippen LogP contribution in [0.15, 0.2) is 17.6 Å². The average Bonchev–Trinajstić information content (AvgIpc) is 2.39. The molecule has 0 bridgehead atoms. The van der Waals surface area contributed by atoms with Gasteiger partial charge in [-0.05, 0) is 6.42 Å². The van der Waals surface area contributed by atoms with Gasteiger partial charge in [-0.15, -0.1) is 0 Å². The van der Waals surface area contributed by atoms with Gasteiger partial charge in [0.15, 0.2) is 0 Å². The van der Waals surface area contributed by atoms with Crippen LogP contribution in [0.1, 0.15) is 19.0 Å². The number of aromatic nitrogens is 2. The molecule has 0 radical (unpaired) electrons. The fourth-order valence-electron chi connectivity index (χ4n) is 0.943. The van der Waals surface area contributed by atoms with Crippen LogP contribution >= 0.6 is 0 Å². The first-order valence-corrected chi connectivity index (χ1v) is 3.62. The van der Waals surface area contributed by atoms with Gasteiger partial charge in [-0.1, -0.05) is 6.92 Å². The lowest BCUT2D eigenvalue weighted by molar-refractivity contribution is 0.675. The Kier molecular flexibility index (Phi) is 2.66. The third-order valence-corrected chi connectivity index (χ3v) is 1.42. The topological polar surface area (TPSA) is 56.2 Å². The first-order chi connectivity index (χ1) is 5.38. The summed E-state index contributed by atoms with van der Waals surface area (Å²) >= 11 is 0. The van der Waals surface area contributed by atoms with Crippen molar-refractivity contribution in [2.24, 2.45) is 10.9 Å². The molecule has 0 saturated heterocycles. The fourth-order valence-corrected chi connectivity index (χ4v) is 0.943. The zero-order valence-electron chi connectivity index (χ0n) is 6.57. The number of imidazole rings is 1. The highest BCUT2D eigenvalue weighted by atomic mass is 15.1. The van der Waals surface area contributed by atoms with Crippen molar-refractivity contribution in [1.29, 1.82) is 0 Å². The van der Waals surface area contributed by atoms with Crippen LogP contribution in [0.5, 0.6) is 0 Å². The van der Waals surface area contributed by atoms with E-state index in [1.807, 2.05) is 4.57 Å². The second kappa shape index (κ2) is 3.75.